The molecule has 1 heterocycles. The summed E-state index contributed by atoms with van der Waals surface area (Å²) >= 11 is 0. The number of nitrogens with one attached hydrogen (secondary N) is 2. The standard InChI is InChI=1S/C12H13F3N2O2S/c1-20(19)5-4-9-11(18)17-10-6-7(12(13,14)15)2-3-8(10)16-9/h2-3,6,9,16H,4-5H2,1H3,(H,17,18). The summed E-state index contributed by atoms with van der Waals surface area (Å²) in [5.74, 6) is -0.0663. The summed E-state index contributed by atoms with van der Waals surface area (Å²) in [6.07, 6.45) is -2.56. The molecule has 0 aromatic heterocycles. The summed E-state index contributed by atoms with van der Waals surface area (Å²) in [4.78, 5) is 11.8. The van der Waals surface area contributed by atoms with Crippen molar-refractivity contribution in [2.24, 2.45) is 0 Å². The zero-order valence-electron chi connectivity index (χ0n) is 10.6. The Labute approximate surface area is 116 Å². The van der Waals surface area contributed by atoms with Gasteiger partial charge in [0.25, 0.3) is 0 Å². The maximum Gasteiger partial charge on any atom is 0.416 e. The van der Waals surface area contributed by atoms with Crippen LogP contribution in [-0.4, -0.2) is 28.2 Å². The minimum Gasteiger partial charge on any atom is -0.372 e. The van der Waals surface area contributed by atoms with Crippen molar-refractivity contribution in [1.82, 2.24) is 0 Å². The van der Waals surface area contributed by atoms with Crippen LogP contribution in [0.2, 0.25) is 0 Å². The van der Waals surface area contributed by atoms with Gasteiger partial charge in [-0.15, -0.1) is 0 Å². The first kappa shape index (κ1) is 14.8. The maximum atomic E-state index is 12.6. The number of benzene rings is 1. The molecule has 0 saturated heterocycles. The molecule has 1 aliphatic heterocycles. The fraction of sp³-hybridized carbons (Fsp3) is 0.417. The van der Waals surface area contributed by atoms with Gasteiger partial charge in [0.15, 0.2) is 0 Å². The zero-order valence-corrected chi connectivity index (χ0v) is 11.4. The first-order chi connectivity index (χ1) is 9.27. The molecule has 1 aliphatic rings. The Hall–Kier alpha value is -1.57. The topological polar surface area (TPSA) is 58.2 Å². The van der Waals surface area contributed by atoms with E-state index in [1.807, 2.05) is 0 Å². The highest BCUT2D eigenvalue weighted by Gasteiger charge is 2.33. The molecule has 1 aromatic rings. The van der Waals surface area contributed by atoms with Gasteiger partial charge < -0.3 is 10.6 Å². The van der Waals surface area contributed by atoms with Crippen LogP contribution >= 0.6 is 0 Å². The Kier molecular flexibility index (Phi) is 4.03. The molecular weight excluding hydrogens is 293 g/mol. The molecule has 0 radical (unpaired) electrons. The smallest absolute Gasteiger partial charge is 0.372 e. The quantitative estimate of drug-likeness (QED) is 0.900. The average Bonchev–Trinajstić information content (AvgIpc) is 2.34. The van der Waals surface area contributed by atoms with Crippen molar-refractivity contribution in [3.8, 4) is 0 Å². The van der Waals surface area contributed by atoms with Crippen molar-refractivity contribution in [2.75, 3.05) is 22.6 Å². The molecule has 2 rings (SSSR count). The number of carbonyl (C=O) groups excluding carboxylic acids is 1. The van der Waals surface area contributed by atoms with Gasteiger partial charge in [-0.25, -0.2) is 0 Å². The lowest BCUT2D eigenvalue weighted by molar-refractivity contribution is -0.137. The van der Waals surface area contributed by atoms with Gasteiger partial charge in [-0.2, -0.15) is 13.2 Å². The molecule has 1 aromatic carbocycles. The van der Waals surface area contributed by atoms with Gasteiger partial charge in [-0.1, -0.05) is 0 Å². The monoisotopic (exact) mass is 306 g/mol. The molecule has 1 amide bonds. The van der Waals surface area contributed by atoms with E-state index < -0.39 is 34.5 Å². The van der Waals surface area contributed by atoms with E-state index >= 15 is 0 Å². The van der Waals surface area contributed by atoms with E-state index in [4.69, 9.17) is 0 Å². The summed E-state index contributed by atoms with van der Waals surface area (Å²) in [7, 11) is -1.02. The number of carbonyl (C=O) groups is 1. The third-order valence-corrected chi connectivity index (χ3v) is 3.76. The van der Waals surface area contributed by atoms with Gasteiger partial charge in [-0.05, 0) is 24.6 Å². The summed E-state index contributed by atoms with van der Waals surface area (Å²) in [5, 5.41) is 5.31. The number of hydrogen-bond acceptors (Lipinski definition) is 3. The first-order valence-corrected chi connectivity index (χ1v) is 7.59. The lowest BCUT2D eigenvalue weighted by Crippen LogP contribution is -2.39. The molecule has 2 atom stereocenters. The molecular formula is C12H13F3N2O2S. The molecule has 0 fully saturated rings. The second-order valence-electron chi connectivity index (χ2n) is 4.51. The lowest BCUT2D eigenvalue weighted by atomic mass is 10.1. The summed E-state index contributed by atoms with van der Waals surface area (Å²) < 4.78 is 48.7. The third-order valence-electron chi connectivity index (χ3n) is 2.94. The molecule has 8 heteroatoms. The van der Waals surface area contributed by atoms with Crippen molar-refractivity contribution in [2.45, 2.75) is 18.6 Å². The Morgan fingerprint density at radius 2 is 2.00 bits per heavy atom. The number of anilines is 2. The Morgan fingerprint density at radius 1 is 1.30 bits per heavy atom. The first-order valence-electron chi connectivity index (χ1n) is 5.86. The second-order valence-corrected chi connectivity index (χ2v) is 6.06. The average molecular weight is 306 g/mol. The van der Waals surface area contributed by atoms with E-state index in [2.05, 4.69) is 10.6 Å². The number of fused-ring (bicyclic) bond motifs is 1. The van der Waals surface area contributed by atoms with Crippen LogP contribution in [0.25, 0.3) is 0 Å². The van der Waals surface area contributed by atoms with Gasteiger partial charge in [0.1, 0.15) is 6.04 Å². The fourth-order valence-corrected chi connectivity index (χ4v) is 2.48. The van der Waals surface area contributed by atoms with Crippen LogP contribution in [0.4, 0.5) is 24.5 Å². The molecule has 0 spiro atoms. The van der Waals surface area contributed by atoms with Crippen LogP contribution in [0.3, 0.4) is 0 Å². The van der Waals surface area contributed by atoms with Crippen LogP contribution in [0.15, 0.2) is 18.2 Å². The largest absolute Gasteiger partial charge is 0.416 e. The molecule has 4 nitrogen and oxygen atoms in total. The van der Waals surface area contributed by atoms with E-state index in [0.717, 1.165) is 12.1 Å². The van der Waals surface area contributed by atoms with Crippen molar-refractivity contribution >= 4 is 28.1 Å². The predicted molar refractivity (Wildman–Crippen MR) is 71.0 cm³/mol. The molecule has 0 bridgehead atoms. The van der Waals surface area contributed by atoms with Crippen molar-refractivity contribution in [1.29, 1.82) is 0 Å². The van der Waals surface area contributed by atoms with Crippen LogP contribution in [-0.2, 0) is 21.8 Å². The van der Waals surface area contributed by atoms with Crippen molar-refractivity contribution in [3.05, 3.63) is 23.8 Å². The molecule has 0 saturated carbocycles. The Morgan fingerprint density at radius 3 is 2.60 bits per heavy atom. The van der Waals surface area contributed by atoms with Gasteiger partial charge in [0.2, 0.25) is 5.91 Å². The van der Waals surface area contributed by atoms with Gasteiger partial charge in [0, 0.05) is 22.8 Å². The number of halogens is 3. The fourth-order valence-electron chi connectivity index (χ4n) is 1.91. The predicted octanol–water partition coefficient (Wildman–Crippen LogP) is 2.21. The van der Waals surface area contributed by atoms with Gasteiger partial charge in [-0.3, -0.25) is 9.00 Å². The van der Waals surface area contributed by atoms with E-state index in [9.17, 15) is 22.2 Å². The summed E-state index contributed by atoms with van der Waals surface area (Å²) in [5.41, 5.74) is -0.269. The summed E-state index contributed by atoms with van der Waals surface area (Å²) in [6, 6.07) is 2.56. The van der Waals surface area contributed by atoms with Crippen LogP contribution in [0.1, 0.15) is 12.0 Å². The zero-order chi connectivity index (χ0) is 14.9. The molecule has 0 aliphatic carbocycles. The minimum absolute atomic E-state index is 0.110. The van der Waals surface area contributed by atoms with E-state index in [1.165, 1.54) is 12.3 Å². The minimum atomic E-state index is -4.45. The highest BCUT2D eigenvalue weighted by molar-refractivity contribution is 7.84. The van der Waals surface area contributed by atoms with Gasteiger partial charge in [0.05, 0.1) is 16.9 Å². The van der Waals surface area contributed by atoms with E-state index in [-0.39, 0.29) is 5.69 Å². The normalized spacial score (nSPS) is 19.8. The summed E-state index contributed by atoms with van der Waals surface area (Å²) in [6.45, 7) is 0. The number of rotatable bonds is 3. The van der Waals surface area contributed by atoms with Gasteiger partial charge >= 0.3 is 6.18 Å². The number of amides is 1. The number of hydrogen-bond donors (Lipinski definition) is 2. The molecule has 2 N–H and O–H groups in total. The molecule has 20 heavy (non-hydrogen) atoms. The van der Waals surface area contributed by atoms with Crippen molar-refractivity contribution < 1.29 is 22.2 Å². The number of alkyl halides is 3. The third kappa shape index (κ3) is 3.30. The highest BCUT2D eigenvalue weighted by Crippen LogP contribution is 2.35. The van der Waals surface area contributed by atoms with Crippen LogP contribution in [0, 0.1) is 0 Å². The second kappa shape index (κ2) is 5.43. The van der Waals surface area contributed by atoms with E-state index in [0.29, 0.717) is 17.9 Å². The molecule has 2 unspecified atom stereocenters. The van der Waals surface area contributed by atoms with Crippen LogP contribution < -0.4 is 10.6 Å². The lowest BCUT2D eigenvalue weighted by Gasteiger charge is -2.27. The van der Waals surface area contributed by atoms with Crippen molar-refractivity contribution in [3.63, 3.8) is 0 Å². The van der Waals surface area contributed by atoms with E-state index in [1.54, 1.807) is 0 Å². The molecule has 110 valence electrons. The van der Waals surface area contributed by atoms with Crippen LogP contribution in [0.5, 0.6) is 0 Å². The SMILES string of the molecule is CS(=O)CCC1Nc2ccc(C(F)(F)F)cc2NC1=O. The maximum absolute atomic E-state index is 12.6. The Balaban J connectivity index is 2.19. The highest BCUT2D eigenvalue weighted by atomic mass is 32.2. The Bertz CT molecular complexity index is 560.